The van der Waals surface area contributed by atoms with Crippen molar-refractivity contribution in [2.24, 2.45) is 10.9 Å². The quantitative estimate of drug-likeness (QED) is 0.294. The molecule has 0 aliphatic rings. The number of nitrogens with zero attached hydrogens (tertiary/aromatic N) is 2. The minimum Gasteiger partial charge on any atom is -0.409 e. The largest absolute Gasteiger partial charge is 0.409 e. The van der Waals surface area contributed by atoms with Gasteiger partial charge in [0.25, 0.3) is 0 Å². The Morgan fingerprint density at radius 3 is 3.08 bits per heavy atom. The number of oxime groups is 1. The minimum atomic E-state index is 0.0625. The van der Waals surface area contributed by atoms with Crippen molar-refractivity contribution in [2.75, 3.05) is 0 Å². The SMILES string of the molecule is CCc1cccnc1C(N)=NO. The van der Waals surface area contributed by atoms with Crippen molar-refractivity contribution in [3.8, 4) is 0 Å². The van der Waals surface area contributed by atoms with Crippen LogP contribution in [0.25, 0.3) is 0 Å². The van der Waals surface area contributed by atoms with Gasteiger partial charge in [-0.1, -0.05) is 18.1 Å². The molecule has 1 rings (SSSR count). The second kappa shape index (κ2) is 3.71. The van der Waals surface area contributed by atoms with Crippen molar-refractivity contribution in [3.63, 3.8) is 0 Å². The molecule has 0 saturated heterocycles. The molecule has 1 heterocycles. The first-order valence-corrected chi connectivity index (χ1v) is 3.71. The first-order valence-electron chi connectivity index (χ1n) is 3.71. The predicted molar refractivity (Wildman–Crippen MR) is 46.1 cm³/mol. The molecule has 64 valence electrons. The van der Waals surface area contributed by atoms with Crippen LogP contribution < -0.4 is 5.73 Å². The highest BCUT2D eigenvalue weighted by Crippen LogP contribution is 2.04. The molecule has 3 N–H and O–H groups in total. The fourth-order valence-electron chi connectivity index (χ4n) is 1.00. The van der Waals surface area contributed by atoms with Gasteiger partial charge in [-0.15, -0.1) is 0 Å². The molecule has 1 aromatic rings. The fourth-order valence-corrected chi connectivity index (χ4v) is 1.00. The lowest BCUT2D eigenvalue weighted by atomic mass is 10.1. The molecule has 0 saturated carbocycles. The Morgan fingerprint density at radius 2 is 2.50 bits per heavy atom. The van der Waals surface area contributed by atoms with E-state index in [0.717, 1.165) is 12.0 Å². The zero-order chi connectivity index (χ0) is 8.97. The highest BCUT2D eigenvalue weighted by molar-refractivity contribution is 5.96. The molecule has 0 atom stereocenters. The van der Waals surface area contributed by atoms with Crippen LogP contribution in [0.1, 0.15) is 18.2 Å². The minimum absolute atomic E-state index is 0.0625. The van der Waals surface area contributed by atoms with E-state index in [4.69, 9.17) is 10.9 Å². The second-order valence-corrected chi connectivity index (χ2v) is 2.35. The van der Waals surface area contributed by atoms with Crippen LogP contribution in [0.2, 0.25) is 0 Å². The highest BCUT2D eigenvalue weighted by atomic mass is 16.4. The molecule has 0 radical (unpaired) electrons. The van der Waals surface area contributed by atoms with Crippen LogP contribution in [0.5, 0.6) is 0 Å². The van der Waals surface area contributed by atoms with E-state index in [2.05, 4.69) is 10.1 Å². The average molecular weight is 165 g/mol. The molecule has 0 aliphatic carbocycles. The van der Waals surface area contributed by atoms with Crippen molar-refractivity contribution in [2.45, 2.75) is 13.3 Å². The number of nitrogens with two attached hydrogens (primary N) is 1. The third-order valence-electron chi connectivity index (χ3n) is 1.62. The third kappa shape index (κ3) is 1.53. The van der Waals surface area contributed by atoms with Gasteiger partial charge in [-0.2, -0.15) is 0 Å². The Bertz CT molecular complexity index is 296. The lowest BCUT2D eigenvalue weighted by molar-refractivity contribution is 0.318. The molecular formula is C8H11N3O. The van der Waals surface area contributed by atoms with E-state index in [1.54, 1.807) is 6.20 Å². The summed E-state index contributed by atoms with van der Waals surface area (Å²) in [7, 11) is 0. The molecule has 1 aromatic heterocycles. The van der Waals surface area contributed by atoms with Crippen molar-refractivity contribution >= 4 is 5.84 Å². The maximum Gasteiger partial charge on any atom is 0.189 e. The smallest absolute Gasteiger partial charge is 0.189 e. The van der Waals surface area contributed by atoms with Gasteiger partial charge in [-0.3, -0.25) is 4.98 Å². The van der Waals surface area contributed by atoms with Crippen LogP contribution in [0.15, 0.2) is 23.5 Å². The Hall–Kier alpha value is -1.58. The number of hydrogen-bond acceptors (Lipinski definition) is 3. The van der Waals surface area contributed by atoms with Crippen LogP contribution in [-0.2, 0) is 6.42 Å². The molecule has 0 spiro atoms. The van der Waals surface area contributed by atoms with E-state index in [1.165, 1.54) is 0 Å². The first-order chi connectivity index (χ1) is 5.79. The lowest BCUT2D eigenvalue weighted by Crippen LogP contribution is -2.17. The van der Waals surface area contributed by atoms with E-state index in [1.807, 2.05) is 19.1 Å². The summed E-state index contributed by atoms with van der Waals surface area (Å²) in [6.45, 7) is 1.99. The van der Waals surface area contributed by atoms with Gasteiger partial charge in [0.2, 0.25) is 0 Å². The van der Waals surface area contributed by atoms with Crippen LogP contribution >= 0.6 is 0 Å². The summed E-state index contributed by atoms with van der Waals surface area (Å²) in [5.74, 6) is 0.0625. The van der Waals surface area contributed by atoms with Gasteiger partial charge in [-0.05, 0) is 18.1 Å². The van der Waals surface area contributed by atoms with Gasteiger partial charge in [0.1, 0.15) is 5.69 Å². The molecule has 0 fully saturated rings. The van der Waals surface area contributed by atoms with Crippen LogP contribution in [-0.4, -0.2) is 16.0 Å². The number of hydrogen-bond donors (Lipinski definition) is 2. The Kier molecular flexibility index (Phi) is 2.63. The summed E-state index contributed by atoms with van der Waals surface area (Å²) in [6, 6.07) is 3.73. The summed E-state index contributed by atoms with van der Waals surface area (Å²) >= 11 is 0. The van der Waals surface area contributed by atoms with Crippen molar-refractivity contribution in [1.82, 2.24) is 4.98 Å². The Morgan fingerprint density at radius 1 is 1.75 bits per heavy atom. The predicted octanol–water partition coefficient (Wildman–Crippen LogP) is 0.738. The average Bonchev–Trinajstić information content (AvgIpc) is 2.16. The number of rotatable bonds is 2. The molecule has 12 heavy (non-hydrogen) atoms. The number of aryl methyl sites for hydroxylation is 1. The van der Waals surface area contributed by atoms with E-state index in [0.29, 0.717) is 5.69 Å². The normalized spacial score (nSPS) is 11.6. The summed E-state index contributed by atoms with van der Waals surface area (Å²) in [6.07, 6.45) is 2.44. The van der Waals surface area contributed by atoms with Crippen LogP contribution in [0, 0.1) is 0 Å². The van der Waals surface area contributed by atoms with Gasteiger partial charge in [0.15, 0.2) is 5.84 Å². The molecular weight excluding hydrogens is 154 g/mol. The summed E-state index contributed by atoms with van der Waals surface area (Å²) < 4.78 is 0. The van der Waals surface area contributed by atoms with Crippen molar-refractivity contribution < 1.29 is 5.21 Å². The number of amidine groups is 1. The van der Waals surface area contributed by atoms with Gasteiger partial charge in [-0.25, -0.2) is 0 Å². The second-order valence-electron chi connectivity index (χ2n) is 2.35. The van der Waals surface area contributed by atoms with Crippen LogP contribution in [0.3, 0.4) is 0 Å². The third-order valence-corrected chi connectivity index (χ3v) is 1.62. The topological polar surface area (TPSA) is 71.5 Å². The molecule has 0 amide bonds. The molecule has 0 aliphatic heterocycles. The maximum atomic E-state index is 8.43. The molecule has 0 unspecified atom stereocenters. The summed E-state index contributed by atoms with van der Waals surface area (Å²) in [4.78, 5) is 4.00. The van der Waals surface area contributed by atoms with Gasteiger partial charge in [0, 0.05) is 6.20 Å². The standard InChI is InChI=1S/C8H11N3O/c1-2-6-4-3-5-10-7(6)8(9)11-12/h3-5,12H,2H2,1H3,(H2,9,11). The molecule has 0 bridgehead atoms. The van der Waals surface area contributed by atoms with E-state index in [-0.39, 0.29) is 5.84 Å². The van der Waals surface area contributed by atoms with Gasteiger partial charge < -0.3 is 10.9 Å². The van der Waals surface area contributed by atoms with E-state index in [9.17, 15) is 0 Å². The maximum absolute atomic E-state index is 8.43. The number of pyridine rings is 1. The van der Waals surface area contributed by atoms with Crippen molar-refractivity contribution in [3.05, 3.63) is 29.6 Å². The summed E-state index contributed by atoms with van der Waals surface area (Å²) in [5, 5.41) is 11.3. The molecule has 4 nitrogen and oxygen atoms in total. The zero-order valence-electron chi connectivity index (χ0n) is 6.86. The monoisotopic (exact) mass is 165 g/mol. The van der Waals surface area contributed by atoms with Gasteiger partial charge in [0.05, 0.1) is 0 Å². The zero-order valence-corrected chi connectivity index (χ0v) is 6.86. The van der Waals surface area contributed by atoms with Crippen LogP contribution in [0.4, 0.5) is 0 Å². The fraction of sp³-hybridized carbons (Fsp3) is 0.250. The lowest BCUT2D eigenvalue weighted by Gasteiger charge is -2.02. The Balaban J connectivity index is 3.13. The first kappa shape index (κ1) is 8.52. The summed E-state index contributed by atoms with van der Waals surface area (Å²) in [5.41, 5.74) is 6.95. The number of aromatic nitrogens is 1. The van der Waals surface area contributed by atoms with E-state index < -0.39 is 0 Å². The van der Waals surface area contributed by atoms with Gasteiger partial charge >= 0.3 is 0 Å². The molecule has 0 aromatic carbocycles. The Labute approximate surface area is 70.7 Å². The van der Waals surface area contributed by atoms with Crippen molar-refractivity contribution in [1.29, 1.82) is 0 Å². The van der Waals surface area contributed by atoms with E-state index >= 15 is 0 Å². The molecule has 4 heteroatoms. The highest BCUT2D eigenvalue weighted by Gasteiger charge is 2.04.